The minimum Gasteiger partial charge on any atom is -0.309 e. The summed E-state index contributed by atoms with van der Waals surface area (Å²) in [7, 11) is 1.99. The number of benzene rings is 1. The van der Waals surface area contributed by atoms with E-state index in [1.165, 1.54) is 5.69 Å². The number of halogens is 2. The lowest BCUT2D eigenvalue weighted by molar-refractivity contribution is 0.507. The Balaban J connectivity index is 2.28. The first-order chi connectivity index (χ1) is 10.0. The van der Waals surface area contributed by atoms with Gasteiger partial charge in [-0.15, -0.1) is 0 Å². The van der Waals surface area contributed by atoms with E-state index in [2.05, 4.69) is 30.3 Å². The van der Waals surface area contributed by atoms with Crippen LogP contribution in [-0.2, 0) is 19.9 Å². The average molecular weight is 326 g/mol. The van der Waals surface area contributed by atoms with Gasteiger partial charge in [-0.25, -0.2) is 0 Å². The summed E-state index contributed by atoms with van der Waals surface area (Å²) in [6.07, 6.45) is 1.75. The highest BCUT2D eigenvalue weighted by molar-refractivity contribution is 6.35. The summed E-state index contributed by atoms with van der Waals surface area (Å²) in [6, 6.07) is 8.02. The van der Waals surface area contributed by atoms with Crippen LogP contribution < -0.4 is 5.32 Å². The summed E-state index contributed by atoms with van der Waals surface area (Å²) in [6.45, 7) is 5.11. The number of hydrogen-bond acceptors (Lipinski definition) is 2. The number of hydrogen-bond donors (Lipinski definition) is 1. The fourth-order valence-electron chi connectivity index (χ4n) is 2.48. The van der Waals surface area contributed by atoms with Crippen LogP contribution >= 0.6 is 23.2 Å². The molecule has 0 spiro atoms. The third-order valence-corrected chi connectivity index (χ3v) is 4.16. The van der Waals surface area contributed by atoms with E-state index in [4.69, 9.17) is 23.2 Å². The van der Waals surface area contributed by atoms with Crippen LogP contribution in [0, 0.1) is 0 Å². The molecule has 3 nitrogen and oxygen atoms in total. The largest absolute Gasteiger partial charge is 0.309 e. The van der Waals surface area contributed by atoms with Gasteiger partial charge < -0.3 is 5.32 Å². The first-order valence-corrected chi connectivity index (χ1v) is 8.00. The Morgan fingerprint density at radius 3 is 2.57 bits per heavy atom. The van der Waals surface area contributed by atoms with Gasteiger partial charge in [-0.2, -0.15) is 5.10 Å². The minimum absolute atomic E-state index is 0.187. The lowest BCUT2D eigenvalue weighted by atomic mass is 10.0. The molecule has 1 N–H and O–H groups in total. The topological polar surface area (TPSA) is 29.9 Å². The van der Waals surface area contributed by atoms with Crippen molar-refractivity contribution in [1.82, 2.24) is 15.1 Å². The Labute approximate surface area is 136 Å². The predicted molar refractivity (Wildman–Crippen MR) is 89.2 cm³/mol. The Kier molecular flexibility index (Phi) is 5.68. The maximum Gasteiger partial charge on any atom is 0.0625 e. The van der Waals surface area contributed by atoms with Crippen LogP contribution in [-0.4, -0.2) is 16.3 Å². The van der Waals surface area contributed by atoms with Gasteiger partial charge in [0.05, 0.1) is 17.4 Å². The molecule has 0 bridgehead atoms. The van der Waals surface area contributed by atoms with E-state index >= 15 is 0 Å². The van der Waals surface area contributed by atoms with Crippen molar-refractivity contribution in [2.75, 3.05) is 6.54 Å². The fraction of sp³-hybridized carbons (Fsp3) is 0.438. The second-order valence-corrected chi connectivity index (χ2v) is 5.93. The van der Waals surface area contributed by atoms with Crippen molar-refractivity contribution in [3.63, 3.8) is 0 Å². The van der Waals surface area contributed by atoms with Crippen molar-refractivity contribution in [3.8, 4) is 0 Å². The van der Waals surface area contributed by atoms with Gasteiger partial charge in [0.15, 0.2) is 0 Å². The number of rotatable bonds is 6. The van der Waals surface area contributed by atoms with Gasteiger partial charge in [0.25, 0.3) is 0 Å². The van der Waals surface area contributed by atoms with Crippen LogP contribution in [0.15, 0.2) is 24.3 Å². The molecule has 0 saturated carbocycles. The zero-order valence-corrected chi connectivity index (χ0v) is 14.2. The van der Waals surface area contributed by atoms with E-state index in [-0.39, 0.29) is 6.04 Å². The number of aryl methyl sites for hydroxylation is 2. The molecule has 0 aliphatic carbocycles. The van der Waals surface area contributed by atoms with Crippen molar-refractivity contribution in [3.05, 3.63) is 51.3 Å². The van der Waals surface area contributed by atoms with Gasteiger partial charge in [-0.05, 0) is 43.1 Å². The van der Waals surface area contributed by atoms with Gasteiger partial charge in [0, 0.05) is 17.1 Å². The van der Waals surface area contributed by atoms with Crippen LogP contribution in [0.2, 0.25) is 10.0 Å². The molecule has 1 unspecified atom stereocenters. The molecule has 0 amide bonds. The van der Waals surface area contributed by atoms with Crippen molar-refractivity contribution in [2.24, 2.45) is 7.05 Å². The highest BCUT2D eigenvalue weighted by atomic mass is 35.5. The summed E-state index contributed by atoms with van der Waals surface area (Å²) >= 11 is 12.3. The summed E-state index contributed by atoms with van der Waals surface area (Å²) < 4.78 is 1.95. The molecule has 0 fully saturated rings. The summed E-state index contributed by atoms with van der Waals surface area (Å²) in [5.41, 5.74) is 3.38. The smallest absolute Gasteiger partial charge is 0.0625 e. The molecule has 0 radical (unpaired) electrons. The zero-order valence-electron chi connectivity index (χ0n) is 12.7. The number of nitrogens with one attached hydrogen (secondary N) is 1. The maximum atomic E-state index is 6.30. The van der Waals surface area contributed by atoms with E-state index in [1.807, 2.05) is 23.9 Å². The van der Waals surface area contributed by atoms with Crippen LogP contribution in [0.4, 0.5) is 0 Å². The third kappa shape index (κ3) is 4.00. The van der Waals surface area contributed by atoms with Crippen LogP contribution in [0.25, 0.3) is 0 Å². The Bertz CT molecular complexity index is 608. The van der Waals surface area contributed by atoms with Crippen molar-refractivity contribution in [1.29, 1.82) is 0 Å². The number of nitrogens with zero attached hydrogens (tertiary/aromatic N) is 2. The molecule has 2 rings (SSSR count). The molecule has 1 aromatic heterocycles. The normalized spacial score (nSPS) is 12.6. The quantitative estimate of drug-likeness (QED) is 0.863. The fourth-order valence-corrected chi connectivity index (χ4v) is 2.96. The highest BCUT2D eigenvalue weighted by Crippen LogP contribution is 2.26. The molecule has 21 heavy (non-hydrogen) atoms. The molecule has 0 aliphatic rings. The molecule has 1 atom stereocenters. The van der Waals surface area contributed by atoms with E-state index < -0.39 is 0 Å². The molecule has 2 aromatic rings. The Morgan fingerprint density at radius 1 is 1.24 bits per heavy atom. The second kappa shape index (κ2) is 7.30. The van der Waals surface area contributed by atoms with Crippen molar-refractivity contribution in [2.45, 2.75) is 32.7 Å². The van der Waals surface area contributed by atoms with E-state index in [9.17, 15) is 0 Å². The van der Waals surface area contributed by atoms with Gasteiger partial charge in [0.1, 0.15) is 0 Å². The highest BCUT2D eigenvalue weighted by Gasteiger charge is 2.17. The standard InChI is InChI=1S/C16H21Cl2N3/c1-4-13-10-16(21(3)20-13)15(19-5-2)8-11-6-7-12(17)9-14(11)18/h6-7,9-10,15,19H,4-5,8H2,1-3H3. The molecule has 5 heteroatoms. The van der Waals surface area contributed by atoms with E-state index in [0.29, 0.717) is 10.0 Å². The van der Waals surface area contributed by atoms with Crippen LogP contribution in [0.3, 0.4) is 0 Å². The second-order valence-electron chi connectivity index (χ2n) is 5.09. The molecule has 114 valence electrons. The first kappa shape index (κ1) is 16.3. The molecular formula is C16H21Cl2N3. The summed E-state index contributed by atoms with van der Waals surface area (Å²) in [4.78, 5) is 0. The lowest BCUT2D eigenvalue weighted by Crippen LogP contribution is -2.25. The van der Waals surface area contributed by atoms with E-state index in [0.717, 1.165) is 30.6 Å². The molecular weight excluding hydrogens is 305 g/mol. The average Bonchev–Trinajstić information content (AvgIpc) is 2.82. The van der Waals surface area contributed by atoms with Crippen molar-refractivity contribution >= 4 is 23.2 Å². The minimum atomic E-state index is 0.187. The lowest BCUT2D eigenvalue weighted by Gasteiger charge is -2.19. The van der Waals surface area contributed by atoms with E-state index in [1.54, 1.807) is 6.07 Å². The molecule has 1 aromatic carbocycles. The monoisotopic (exact) mass is 325 g/mol. The summed E-state index contributed by atoms with van der Waals surface area (Å²) in [5.74, 6) is 0. The number of aromatic nitrogens is 2. The van der Waals surface area contributed by atoms with Gasteiger partial charge >= 0.3 is 0 Å². The SMILES string of the molecule is CCNC(Cc1ccc(Cl)cc1Cl)c1cc(CC)nn1C. The predicted octanol–water partition coefficient (Wildman–Crippen LogP) is 4.18. The van der Waals surface area contributed by atoms with Gasteiger partial charge in [-0.3, -0.25) is 4.68 Å². The third-order valence-electron chi connectivity index (χ3n) is 3.58. The Morgan fingerprint density at radius 2 is 2.00 bits per heavy atom. The number of likely N-dealkylation sites (N-methyl/N-ethyl adjacent to an activating group) is 1. The maximum absolute atomic E-state index is 6.30. The molecule has 0 saturated heterocycles. The van der Waals surface area contributed by atoms with Crippen LogP contribution in [0.5, 0.6) is 0 Å². The zero-order chi connectivity index (χ0) is 15.4. The molecule has 1 heterocycles. The van der Waals surface area contributed by atoms with Gasteiger partial charge in [-0.1, -0.05) is 43.1 Å². The van der Waals surface area contributed by atoms with Gasteiger partial charge in [0.2, 0.25) is 0 Å². The summed E-state index contributed by atoms with van der Waals surface area (Å²) in [5, 5.41) is 9.42. The van der Waals surface area contributed by atoms with Crippen molar-refractivity contribution < 1.29 is 0 Å². The molecule has 0 aliphatic heterocycles. The first-order valence-electron chi connectivity index (χ1n) is 7.25. The Hall–Kier alpha value is -1.03. The van der Waals surface area contributed by atoms with Crippen LogP contribution in [0.1, 0.15) is 36.8 Å².